The number of anilines is 1. The number of aromatic nitrogens is 3. The van der Waals surface area contributed by atoms with Gasteiger partial charge in [0.25, 0.3) is 11.5 Å². The molecule has 2 N–H and O–H groups in total. The Hall–Kier alpha value is -2.55. The summed E-state index contributed by atoms with van der Waals surface area (Å²) in [5.74, 6) is -0.788. The molecule has 2 aromatic heterocycles. The van der Waals surface area contributed by atoms with Gasteiger partial charge in [0.05, 0.1) is 7.11 Å². The van der Waals surface area contributed by atoms with Crippen molar-refractivity contribution in [2.45, 2.75) is 26.7 Å². The molecule has 0 bridgehead atoms. The molecule has 0 radical (unpaired) electrons. The number of aryl methyl sites for hydroxylation is 2. The third kappa shape index (κ3) is 4.01. The molecule has 0 aromatic carbocycles. The number of esters is 1. The Kier molecular flexibility index (Phi) is 5.22. The van der Waals surface area contributed by atoms with Gasteiger partial charge in [-0.1, -0.05) is 6.92 Å². The van der Waals surface area contributed by atoms with Crippen molar-refractivity contribution in [3.8, 4) is 0 Å². The molecule has 0 spiro atoms. The third-order valence-corrected chi connectivity index (χ3v) is 3.83. The van der Waals surface area contributed by atoms with Gasteiger partial charge in [-0.05, 0) is 25.0 Å². The lowest BCUT2D eigenvalue weighted by Gasteiger charge is -2.05. The second-order valence-corrected chi connectivity index (χ2v) is 5.50. The van der Waals surface area contributed by atoms with Gasteiger partial charge in [0.1, 0.15) is 12.0 Å². The molecule has 2 aromatic rings. The summed E-state index contributed by atoms with van der Waals surface area (Å²) in [4.78, 5) is 42.0. The van der Waals surface area contributed by atoms with Crippen LogP contribution in [0.5, 0.6) is 0 Å². The van der Waals surface area contributed by atoms with Gasteiger partial charge in [-0.2, -0.15) is 4.37 Å². The number of aromatic amines is 1. The Morgan fingerprint density at radius 2 is 2.17 bits per heavy atom. The van der Waals surface area contributed by atoms with Crippen molar-refractivity contribution in [2.24, 2.45) is 0 Å². The fraction of sp³-hybridized carbons (Fsp3) is 0.357. The number of methoxy groups -OCH3 is 1. The summed E-state index contributed by atoms with van der Waals surface area (Å²) in [6.45, 7) is 3.74. The van der Waals surface area contributed by atoms with Crippen LogP contribution in [0.1, 0.15) is 34.4 Å². The van der Waals surface area contributed by atoms with Gasteiger partial charge in [0.15, 0.2) is 5.82 Å². The Balaban J connectivity index is 2.15. The Morgan fingerprint density at radius 3 is 2.83 bits per heavy atom. The van der Waals surface area contributed by atoms with E-state index in [1.807, 2.05) is 13.8 Å². The maximum atomic E-state index is 12.2. The van der Waals surface area contributed by atoms with E-state index in [4.69, 9.17) is 0 Å². The first-order valence-corrected chi connectivity index (χ1v) is 7.65. The normalized spacial score (nSPS) is 10.4. The summed E-state index contributed by atoms with van der Waals surface area (Å²) in [6.07, 6.45) is 0.601. The molecule has 23 heavy (non-hydrogen) atoms. The molecule has 0 aliphatic heterocycles. The number of amides is 1. The standard InChI is InChI=1S/C14H16N4O4S/c1-4-9-7(2)5-8(12(20)15-9)13(21)17-14-16-10(18-23-14)6-11(19)22-3/h5H,4,6H2,1-3H3,(H,15,20)(H,16,17,18,21). The lowest BCUT2D eigenvalue weighted by molar-refractivity contribution is -0.139. The fourth-order valence-electron chi connectivity index (χ4n) is 1.95. The second kappa shape index (κ2) is 7.14. The fourth-order valence-corrected chi connectivity index (χ4v) is 2.53. The average molecular weight is 336 g/mol. The van der Waals surface area contributed by atoms with Crippen LogP contribution >= 0.6 is 11.5 Å². The van der Waals surface area contributed by atoms with E-state index >= 15 is 0 Å². The molecule has 0 atom stereocenters. The van der Waals surface area contributed by atoms with E-state index in [0.717, 1.165) is 22.8 Å². The number of ether oxygens (including phenoxy) is 1. The van der Waals surface area contributed by atoms with E-state index in [1.165, 1.54) is 7.11 Å². The van der Waals surface area contributed by atoms with Crippen molar-refractivity contribution in [1.82, 2.24) is 14.3 Å². The number of H-pyrrole nitrogens is 1. The van der Waals surface area contributed by atoms with E-state index in [1.54, 1.807) is 6.07 Å². The Labute approximate surface area is 136 Å². The van der Waals surface area contributed by atoms with Crippen LogP contribution in [0.4, 0.5) is 5.13 Å². The average Bonchev–Trinajstić information content (AvgIpc) is 2.95. The van der Waals surface area contributed by atoms with E-state index in [-0.39, 0.29) is 22.9 Å². The summed E-state index contributed by atoms with van der Waals surface area (Å²) in [5.41, 5.74) is 1.18. The van der Waals surface area contributed by atoms with Crippen LogP contribution in [-0.4, -0.2) is 33.3 Å². The number of hydrogen-bond acceptors (Lipinski definition) is 7. The number of carbonyl (C=O) groups is 2. The first-order valence-electron chi connectivity index (χ1n) is 6.88. The first kappa shape index (κ1) is 16.8. The highest BCUT2D eigenvalue weighted by Crippen LogP contribution is 2.13. The minimum atomic E-state index is -0.572. The van der Waals surface area contributed by atoms with Crippen LogP contribution in [0.15, 0.2) is 10.9 Å². The zero-order chi connectivity index (χ0) is 17.0. The zero-order valence-electron chi connectivity index (χ0n) is 12.9. The van der Waals surface area contributed by atoms with E-state index in [9.17, 15) is 14.4 Å². The van der Waals surface area contributed by atoms with Crippen molar-refractivity contribution < 1.29 is 14.3 Å². The summed E-state index contributed by atoms with van der Waals surface area (Å²) < 4.78 is 8.46. The van der Waals surface area contributed by atoms with Crippen molar-refractivity contribution >= 4 is 28.5 Å². The lowest BCUT2D eigenvalue weighted by Crippen LogP contribution is -2.24. The molecule has 2 rings (SSSR count). The molecular formula is C14H16N4O4S. The van der Waals surface area contributed by atoms with Crippen LogP contribution in [-0.2, 0) is 22.4 Å². The smallest absolute Gasteiger partial charge is 0.313 e. The molecular weight excluding hydrogens is 320 g/mol. The predicted octanol–water partition coefficient (Wildman–Crippen LogP) is 1.07. The van der Waals surface area contributed by atoms with Crippen LogP contribution < -0.4 is 10.9 Å². The molecule has 0 saturated heterocycles. The van der Waals surface area contributed by atoms with E-state index in [2.05, 4.69) is 24.4 Å². The first-order chi connectivity index (χ1) is 10.9. The topological polar surface area (TPSA) is 114 Å². The van der Waals surface area contributed by atoms with Crippen LogP contribution in [0.2, 0.25) is 0 Å². The minimum absolute atomic E-state index is 0.00409. The van der Waals surface area contributed by atoms with Gasteiger partial charge in [-0.3, -0.25) is 19.7 Å². The number of pyridine rings is 1. The monoisotopic (exact) mass is 336 g/mol. The molecule has 0 fully saturated rings. The maximum Gasteiger partial charge on any atom is 0.313 e. The Bertz CT molecular complexity index is 796. The highest BCUT2D eigenvalue weighted by molar-refractivity contribution is 7.09. The Morgan fingerprint density at radius 1 is 1.43 bits per heavy atom. The highest BCUT2D eigenvalue weighted by Gasteiger charge is 2.16. The molecule has 0 saturated carbocycles. The van der Waals surface area contributed by atoms with Gasteiger partial charge < -0.3 is 9.72 Å². The molecule has 0 aliphatic carbocycles. The van der Waals surface area contributed by atoms with Gasteiger partial charge in [-0.15, -0.1) is 0 Å². The van der Waals surface area contributed by atoms with Crippen molar-refractivity contribution in [3.05, 3.63) is 39.1 Å². The summed E-state index contributed by atoms with van der Waals surface area (Å²) in [6, 6.07) is 1.55. The van der Waals surface area contributed by atoms with Crippen molar-refractivity contribution in [2.75, 3.05) is 12.4 Å². The molecule has 8 nitrogen and oxygen atoms in total. The van der Waals surface area contributed by atoms with Gasteiger partial charge >= 0.3 is 5.97 Å². The van der Waals surface area contributed by atoms with Crippen molar-refractivity contribution in [3.63, 3.8) is 0 Å². The number of carbonyl (C=O) groups excluding carboxylic acids is 2. The predicted molar refractivity (Wildman–Crippen MR) is 84.8 cm³/mol. The van der Waals surface area contributed by atoms with Crippen LogP contribution in [0.25, 0.3) is 0 Å². The van der Waals surface area contributed by atoms with Crippen LogP contribution in [0, 0.1) is 6.92 Å². The molecule has 9 heteroatoms. The molecule has 0 aliphatic rings. The molecule has 122 valence electrons. The SMILES string of the molecule is CCc1[nH]c(=O)c(C(=O)Nc2nc(CC(=O)OC)ns2)cc1C. The molecule has 0 unspecified atom stereocenters. The lowest BCUT2D eigenvalue weighted by atomic mass is 10.1. The number of hydrogen-bond donors (Lipinski definition) is 2. The number of rotatable bonds is 5. The maximum absolute atomic E-state index is 12.2. The largest absolute Gasteiger partial charge is 0.469 e. The van der Waals surface area contributed by atoms with Gasteiger partial charge in [0.2, 0.25) is 5.13 Å². The quantitative estimate of drug-likeness (QED) is 0.789. The molecule has 2 heterocycles. The van der Waals surface area contributed by atoms with E-state index in [0.29, 0.717) is 6.42 Å². The van der Waals surface area contributed by atoms with Gasteiger partial charge in [-0.25, -0.2) is 4.98 Å². The minimum Gasteiger partial charge on any atom is -0.469 e. The van der Waals surface area contributed by atoms with Crippen LogP contribution in [0.3, 0.4) is 0 Å². The zero-order valence-corrected chi connectivity index (χ0v) is 13.7. The summed E-state index contributed by atoms with van der Waals surface area (Å²) in [7, 11) is 1.27. The van der Waals surface area contributed by atoms with E-state index < -0.39 is 17.4 Å². The molecule has 1 amide bonds. The third-order valence-electron chi connectivity index (χ3n) is 3.16. The number of nitrogens with zero attached hydrogens (tertiary/aromatic N) is 2. The number of nitrogens with one attached hydrogen (secondary N) is 2. The van der Waals surface area contributed by atoms with Crippen molar-refractivity contribution in [1.29, 1.82) is 0 Å². The van der Waals surface area contributed by atoms with Gasteiger partial charge in [0, 0.05) is 17.2 Å². The highest BCUT2D eigenvalue weighted by atomic mass is 32.1. The second-order valence-electron chi connectivity index (χ2n) is 4.75. The summed E-state index contributed by atoms with van der Waals surface area (Å²) >= 11 is 0.930. The summed E-state index contributed by atoms with van der Waals surface area (Å²) in [5, 5.41) is 2.72.